The predicted octanol–water partition coefficient (Wildman–Crippen LogP) is 4.67. The molecule has 1 aromatic carbocycles. The van der Waals surface area contributed by atoms with Crippen LogP contribution in [0.5, 0.6) is 0 Å². The van der Waals surface area contributed by atoms with E-state index in [-0.39, 0.29) is 0 Å². The van der Waals surface area contributed by atoms with E-state index in [1.807, 2.05) is 12.1 Å². The molecule has 0 saturated heterocycles. The van der Waals surface area contributed by atoms with Crippen LogP contribution in [0.25, 0.3) is 11.1 Å². The Hall–Kier alpha value is -1.29. The molecule has 1 aromatic heterocycles. The SMILES string of the molecule is Nc1noc(CC2CC3CCC2C3)c1-c1ccc(Br)cc1. The lowest BCUT2D eigenvalue weighted by atomic mass is 9.85. The number of nitrogen functional groups attached to an aromatic ring is 1. The number of anilines is 1. The van der Waals surface area contributed by atoms with Gasteiger partial charge in [-0.15, -0.1) is 0 Å². The number of nitrogens with zero attached hydrogens (tertiary/aromatic N) is 1. The van der Waals surface area contributed by atoms with Crippen molar-refractivity contribution in [3.63, 3.8) is 0 Å². The van der Waals surface area contributed by atoms with Crippen molar-refractivity contribution in [3.05, 3.63) is 34.5 Å². The predicted molar refractivity (Wildman–Crippen MR) is 86.7 cm³/mol. The largest absolute Gasteiger partial charge is 0.380 e. The fraction of sp³-hybridized carbons (Fsp3) is 0.471. The van der Waals surface area contributed by atoms with Gasteiger partial charge in [-0.05, 0) is 54.7 Å². The Morgan fingerprint density at radius 2 is 2.00 bits per heavy atom. The maximum absolute atomic E-state index is 6.05. The van der Waals surface area contributed by atoms with Gasteiger partial charge in [-0.25, -0.2) is 0 Å². The first kappa shape index (κ1) is 13.4. The van der Waals surface area contributed by atoms with Crippen LogP contribution >= 0.6 is 15.9 Å². The zero-order valence-electron chi connectivity index (χ0n) is 11.9. The molecule has 2 aromatic rings. The molecule has 1 heterocycles. The monoisotopic (exact) mass is 346 g/mol. The summed E-state index contributed by atoms with van der Waals surface area (Å²) in [6.45, 7) is 0. The second-order valence-corrected chi connectivity index (χ2v) is 7.43. The molecule has 2 aliphatic carbocycles. The normalized spacial score (nSPS) is 27.4. The maximum Gasteiger partial charge on any atom is 0.175 e. The topological polar surface area (TPSA) is 52.0 Å². The zero-order chi connectivity index (χ0) is 14.4. The summed E-state index contributed by atoms with van der Waals surface area (Å²) in [5.74, 6) is 4.07. The highest BCUT2D eigenvalue weighted by molar-refractivity contribution is 9.10. The molecule has 2 bridgehead atoms. The average molecular weight is 347 g/mol. The van der Waals surface area contributed by atoms with Crippen molar-refractivity contribution in [2.75, 3.05) is 5.73 Å². The average Bonchev–Trinajstić information content (AvgIpc) is 3.17. The lowest BCUT2D eigenvalue weighted by Crippen LogP contribution is -2.13. The molecule has 4 heteroatoms. The number of aromatic nitrogens is 1. The van der Waals surface area contributed by atoms with Crippen LogP contribution in [-0.4, -0.2) is 5.16 Å². The van der Waals surface area contributed by atoms with E-state index < -0.39 is 0 Å². The fourth-order valence-electron chi connectivity index (χ4n) is 4.27. The third-order valence-corrected chi connectivity index (χ3v) is 5.78. The van der Waals surface area contributed by atoms with Gasteiger partial charge in [-0.2, -0.15) is 0 Å². The van der Waals surface area contributed by atoms with Crippen LogP contribution in [0.4, 0.5) is 5.82 Å². The van der Waals surface area contributed by atoms with Crippen LogP contribution in [0, 0.1) is 17.8 Å². The second-order valence-electron chi connectivity index (χ2n) is 6.51. The molecule has 0 spiro atoms. The number of hydrogen-bond donors (Lipinski definition) is 1. The van der Waals surface area contributed by atoms with Gasteiger partial charge in [0.15, 0.2) is 5.82 Å². The lowest BCUT2D eigenvalue weighted by Gasteiger charge is -2.20. The van der Waals surface area contributed by atoms with Crippen molar-refractivity contribution in [1.29, 1.82) is 0 Å². The molecular formula is C17H19BrN2O. The van der Waals surface area contributed by atoms with E-state index in [2.05, 4.69) is 33.2 Å². The van der Waals surface area contributed by atoms with E-state index in [1.165, 1.54) is 25.7 Å². The Morgan fingerprint density at radius 3 is 2.67 bits per heavy atom. The quantitative estimate of drug-likeness (QED) is 0.878. The minimum absolute atomic E-state index is 0.510. The van der Waals surface area contributed by atoms with Crippen molar-refractivity contribution in [1.82, 2.24) is 5.16 Å². The number of fused-ring (bicyclic) bond motifs is 2. The van der Waals surface area contributed by atoms with Crippen molar-refractivity contribution < 1.29 is 4.52 Å². The van der Waals surface area contributed by atoms with Crippen LogP contribution in [0.1, 0.15) is 31.4 Å². The molecule has 0 radical (unpaired) electrons. The summed E-state index contributed by atoms with van der Waals surface area (Å²) in [5, 5.41) is 4.01. The van der Waals surface area contributed by atoms with Crippen LogP contribution in [0.3, 0.4) is 0 Å². The van der Waals surface area contributed by atoms with Gasteiger partial charge in [0.25, 0.3) is 0 Å². The van der Waals surface area contributed by atoms with Gasteiger partial charge >= 0.3 is 0 Å². The van der Waals surface area contributed by atoms with E-state index in [9.17, 15) is 0 Å². The molecular weight excluding hydrogens is 328 g/mol. The molecule has 2 saturated carbocycles. The van der Waals surface area contributed by atoms with Gasteiger partial charge in [0.1, 0.15) is 5.76 Å². The molecule has 3 unspecified atom stereocenters. The zero-order valence-corrected chi connectivity index (χ0v) is 13.5. The summed E-state index contributed by atoms with van der Waals surface area (Å²) in [7, 11) is 0. The standard InChI is InChI=1S/C17H19BrN2O/c18-14-5-3-11(4-6-14)16-15(21-20-17(16)19)9-13-8-10-1-2-12(13)7-10/h3-6,10,12-13H,1-2,7-9H2,(H2,19,20). The summed E-state index contributed by atoms with van der Waals surface area (Å²) in [6.07, 6.45) is 6.58. The van der Waals surface area contributed by atoms with E-state index >= 15 is 0 Å². The molecule has 2 N–H and O–H groups in total. The fourth-order valence-corrected chi connectivity index (χ4v) is 4.53. The van der Waals surface area contributed by atoms with Gasteiger partial charge in [-0.3, -0.25) is 0 Å². The highest BCUT2D eigenvalue weighted by atomic mass is 79.9. The molecule has 3 atom stereocenters. The van der Waals surface area contributed by atoms with Crippen LogP contribution in [-0.2, 0) is 6.42 Å². The Labute approximate surface area is 133 Å². The molecule has 2 fully saturated rings. The smallest absolute Gasteiger partial charge is 0.175 e. The van der Waals surface area contributed by atoms with Gasteiger partial charge in [0.2, 0.25) is 0 Å². The highest BCUT2D eigenvalue weighted by Gasteiger charge is 2.40. The molecule has 110 valence electrons. The van der Waals surface area contributed by atoms with Crippen LogP contribution in [0.15, 0.2) is 33.3 Å². The van der Waals surface area contributed by atoms with Crippen LogP contribution < -0.4 is 5.73 Å². The Balaban J connectivity index is 1.63. The number of rotatable bonds is 3. The lowest BCUT2D eigenvalue weighted by molar-refractivity contribution is 0.294. The van der Waals surface area contributed by atoms with Gasteiger partial charge in [-0.1, -0.05) is 39.6 Å². The Bertz CT molecular complexity index is 649. The first-order valence-corrected chi connectivity index (χ1v) is 8.50. The summed E-state index contributed by atoms with van der Waals surface area (Å²) >= 11 is 3.47. The molecule has 21 heavy (non-hydrogen) atoms. The van der Waals surface area contributed by atoms with Crippen molar-refractivity contribution in [2.45, 2.75) is 32.1 Å². The second kappa shape index (κ2) is 5.16. The molecule has 0 aliphatic heterocycles. The van der Waals surface area contributed by atoms with E-state index in [1.54, 1.807) is 0 Å². The highest BCUT2D eigenvalue weighted by Crippen LogP contribution is 2.50. The van der Waals surface area contributed by atoms with Gasteiger partial charge in [0, 0.05) is 10.9 Å². The summed E-state index contributed by atoms with van der Waals surface area (Å²) < 4.78 is 6.63. The minimum Gasteiger partial charge on any atom is -0.380 e. The summed E-state index contributed by atoms with van der Waals surface area (Å²) in [5.41, 5.74) is 8.13. The number of nitrogens with two attached hydrogens (primary N) is 1. The third kappa shape index (κ3) is 2.39. The number of benzene rings is 1. The summed E-state index contributed by atoms with van der Waals surface area (Å²) in [6, 6.07) is 8.20. The number of halogens is 1. The van der Waals surface area contributed by atoms with E-state index in [4.69, 9.17) is 10.3 Å². The summed E-state index contributed by atoms with van der Waals surface area (Å²) in [4.78, 5) is 0. The number of hydrogen-bond acceptors (Lipinski definition) is 3. The van der Waals surface area contributed by atoms with E-state index in [0.717, 1.165) is 45.5 Å². The molecule has 0 amide bonds. The molecule has 4 rings (SSSR count). The molecule has 3 nitrogen and oxygen atoms in total. The van der Waals surface area contributed by atoms with Gasteiger partial charge in [0.05, 0.1) is 5.56 Å². The van der Waals surface area contributed by atoms with Crippen LogP contribution in [0.2, 0.25) is 0 Å². The Kier molecular flexibility index (Phi) is 3.29. The van der Waals surface area contributed by atoms with E-state index in [0.29, 0.717) is 5.82 Å². The van der Waals surface area contributed by atoms with Crippen molar-refractivity contribution in [3.8, 4) is 11.1 Å². The Morgan fingerprint density at radius 1 is 1.19 bits per heavy atom. The van der Waals surface area contributed by atoms with Gasteiger partial charge < -0.3 is 10.3 Å². The minimum atomic E-state index is 0.510. The van der Waals surface area contributed by atoms with Crippen molar-refractivity contribution >= 4 is 21.7 Å². The molecule has 2 aliphatic rings. The third-order valence-electron chi connectivity index (χ3n) is 5.25. The maximum atomic E-state index is 6.05. The first-order chi connectivity index (χ1) is 10.2. The van der Waals surface area contributed by atoms with Crippen molar-refractivity contribution in [2.24, 2.45) is 17.8 Å². The first-order valence-electron chi connectivity index (χ1n) is 7.70.